The number of aliphatic imine (C=N–C) groups is 1. The number of fused-ring (bicyclic) bond motifs is 1. The smallest absolute Gasteiger partial charge is 0.217 e. The molecule has 0 N–H and O–H groups in total. The molecule has 0 spiro atoms. The molecular weight excluding hydrogens is 343 g/mol. The molecule has 0 atom stereocenters. The van der Waals surface area contributed by atoms with Gasteiger partial charge in [0.2, 0.25) is 5.90 Å². The monoisotopic (exact) mass is 368 g/mol. The minimum atomic E-state index is -0.232. The molecule has 2 heterocycles. The normalized spacial score (nSPS) is 15.8. The van der Waals surface area contributed by atoms with Crippen LogP contribution in [0.25, 0.3) is 11.1 Å². The van der Waals surface area contributed by atoms with Gasteiger partial charge in [0.15, 0.2) is 0 Å². The van der Waals surface area contributed by atoms with Gasteiger partial charge in [-0.05, 0) is 67.9 Å². The Balaban J connectivity index is 1.86. The van der Waals surface area contributed by atoms with Crippen LogP contribution in [-0.2, 0) is 29.1 Å². The highest BCUT2D eigenvalue weighted by molar-refractivity contribution is 6.04. The molecule has 0 amide bonds. The van der Waals surface area contributed by atoms with E-state index in [1.54, 1.807) is 0 Å². The second kappa shape index (κ2) is 7.79. The second-order valence-electron chi connectivity index (χ2n) is 7.37. The summed E-state index contributed by atoms with van der Waals surface area (Å²) < 4.78 is 25.2. The number of hydrogen-bond donors (Lipinski definition) is 0. The molecule has 2 aliphatic heterocycles. The van der Waals surface area contributed by atoms with Crippen molar-refractivity contribution in [2.24, 2.45) is 4.99 Å². The highest BCUT2D eigenvalue weighted by atomic mass is 19.1. The molecule has 0 saturated heterocycles. The summed E-state index contributed by atoms with van der Waals surface area (Å²) in [6.45, 7) is 3.51. The van der Waals surface area contributed by atoms with Gasteiger partial charge in [-0.2, -0.15) is 0 Å². The van der Waals surface area contributed by atoms with E-state index in [1.165, 1.54) is 28.8 Å². The summed E-state index contributed by atoms with van der Waals surface area (Å²) in [6, 6.07) is 8.96. The first-order chi connectivity index (χ1) is 13.1. The minimum absolute atomic E-state index is 0.232. The number of nitrogens with zero attached hydrogens (tertiary/aromatic N) is 2. The molecule has 4 nitrogen and oxygen atoms in total. The van der Waals surface area contributed by atoms with Crippen molar-refractivity contribution in [1.82, 2.24) is 4.90 Å². The fourth-order valence-corrected chi connectivity index (χ4v) is 3.85. The predicted octanol–water partition coefficient (Wildman–Crippen LogP) is 3.79. The fraction of sp³-hybridized carbons (Fsp3) is 0.409. The van der Waals surface area contributed by atoms with E-state index in [0.717, 1.165) is 36.1 Å². The molecule has 5 heteroatoms. The lowest BCUT2D eigenvalue weighted by atomic mass is 9.87. The highest BCUT2D eigenvalue weighted by Gasteiger charge is 2.27. The predicted molar refractivity (Wildman–Crippen MR) is 105 cm³/mol. The Morgan fingerprint density at radius 2 is 1.93 bits per heavy atom. The van der Waals surface area contributed by atoms with E-state index in [4.69, 9.17) is 9.47 Å². The standard InChI is InChI=1S/C22H25FN2O2/c1-25(2)10-3-4-16-12-17-13-26-14-19(17)20(15-5-7-18(23)8-6-15)21(16)22-24-9-11-27-22/h5-8,12H,3-4,9-11,13-14H2,1-2H3. The van der Waals surface area contributed by atoms with Crippen molar-refractivity contribution in [3.63, 3.8) is 0 Å². The molecule has 2 aliphatic rings. The Morgan fingerprint density at radius 3 is 2.63 bits per heavy atom. The maximum atomic E-state index is 13.5. The van der Waals surface area contributed by atoms with Crippen LogP contribution in [0.5, 0.6) is 0 Å². The molecule has 2 aromatic rings. The van der Waals surface area contributed by atoms with Gasteiger partial charge in [0.25, 0.3) is 0 Å². The lowest BCUT2D eigenvalue weighted by Crippen LogP contribution is -2.15. The van der Waals surface area contributed by atoms with Crippen molar-refractivity contribution in [3.8, 4) is 11.1 Å². The van der Waals surface area contributed by atoms with E-state index >= 15 is 0 Å². The maximum Gasteiger partial charge on any atom is 0.217 e. The van der Waals surface area contributed by atoms with Crippen molar-refractivity contribution in [2.45, 2.75) is 26.1 Å². The average Bonchev–Trinajstić information content (AvgIpc) is 3.32. The van der Waals surface area contributed by atoms with Gasteiger partial charge >= 0.3 is 0 Å². The van der Waals surface area contributed by atoms with Crippen LogP contribution in [0.1, 0.15) is 28.7 Å². The van der Waals surface area contributed by atoms with E-state index in [2.05, 4.69) is 30.1 Å². The maximum absolute atomic E-state index is 13.5. The van der Waals surface area contributed by atoms with Gasteiger partial charge in [0.1, 0.15) is 12.4 Å². The molecule has 4 rings (SSSR count). The van der Waals surface area contributed by atoms with Gasteiger partial charge in [-0.25, -0.2) is 9.38 Å². The third-order valence-corrected chi connectivity index (χ3v) is 5.10. The quantitative estimate of drug-likeness (QED) is 0.778. The van der Waals surface area contributed by atoms with Crippen LogP contribution in [0.3, 0.4) is 0 Å². The topological polar surface area (TPSA) is 34.1 Å². The molecule has 142 valence electrons. The Bertz CT molecular complexity index is 860. The first-order valence-corrected chi connectivity index (χ1v) is 9.47. The fourth-order valence-electron chi connectivity index (χ4n) is 3.85. The molecule has 0 aromatic heterocycles. The summed E-state index contributed by atoms with van der Waals surface area (Å²) in [5.74, 6) is 0.480. The van der Waals surface area contributed by atoms with Gasteiger partial charge in [-0.1, -0.05) is 18.2 Å². The summed E-state index contributed by atoms with van der Waals surface area (Å²) in [7, 11) is 4.18. The number of halogens is 1. The highest BCUT2D eigenvalue weighted by Crippen LogP contribution is 2.38. The largest absolute Gasteiger partial charge is 0.475 e. The minimum Gasteiger partial charge on any atom is -0.475 e. The first kappa shape index (κ1) is 18.1. The van der Waals surface area contributed by atoms with Crippen molar-refractivity contribution >= 4 is 5.90 Å². The van der Waals surface area contributed by atoms with Crippen LogP contribution in [0.4, 0.5) is 4.39 Å². The number of ether oxygens (including phenoxy) is 2. The van der Waals surface area contributed by atoms with E-state index in [-0.39, 0.29) is 5.82 Å². The van der Waals surface area contributed by atoms with E-state index < -0.39 is 0 Å². The number of rotatable bonds is 6. The zero-order chi connectivity index (χ0) is 18.8. The van der Waals surface area contributed by atoms with Crippen LogP contribution >= 0.6 is 0 Å². The second-order valence-corrected chi connectivity index (χ2v) is 7.37. The third kappa shape index (κ3) is 3.75. The molecule has 0 aliphatic carbocycles. The van der Waals surface area contributed by atoms with Gasteiger partial charge in [0, 0.05) is 11.1 Å². The Kier molecular flexibility index (Phi) is 5.23. The number of aryl methyl sites for hydroxylation is 1. The SMILES string of the molecule is CN(C)CCCc1cc2c(c(-c3ccc(F)cc3)c1C1=NCCO1)COC2. The summed E-state index contributed by atoms with van der Waals surface area (Å²) >= 11 is 0. The van der Waals surface area contributed by atoms with Crippen LogP contribution in [0.2, 0.25) is 0 Å². The molecule has 0 radical (unpaired) electrons. The Labute approximate surface area is 159 Å². The molecule has 0 saturated carbocycles. The number of benzene rings is 2. The third-order valence-electron chi connectivity index (χ3n) is 5.10. The van der Waals surface area contributed by atoms with Gasteiger partial charge in [-0.3, -0.25) is 0 Å². The first-order valence-electron chi connectivity index (χ1n) is 9.47. The van der Waals surface area contributed by atoms with Crippen molar-refractivity contribution in [2.75, 3.05) is 33.8 Å². The van der Waals surface area contributed by atoms with Crippen molar-refractivity contribution < 1.29 is 13.9 Å². The molecule has 0 unspecified atom stereocenters. The summed E-state index contributed by atoms with van der Waals surface area (Å²) in [5, 5.41) is 0. The van der Waals surface area contributed by atoms with Crippen LogP contribution in [-0.4, -0.2) is 44.6 Å². The molecular formula is C22H25FN2O2. The Hall–Kier alpha value is -2.24. The van der Waals surface area contributed by atoms with Crippen LogP contribution < -0.4 is 0 Å². The average molecular weight is 368 g/mol. The van der Waals surface area contributed by atoms with Crippen LogP contribution in [0, 0.1) is 5.82 Å². The molecule has 27 heavy (non-hydrogen) atoms. The van der Waals surface area contributed by atoms with E-state index in [1.807, 2.05) is 12.1 Å². The van der Waals surface area contributed by atoms with E-state index in [0.29, 0.717) is 32.3 Å². The molecule has 0 bridgehead atoms. The Morgan fingerprint density at radius 1 is 1.11 bits per heavy atom. The lowest BCUT2D eigenvalue weighted by molar-refractivity contribution is 0.134. The number of hydrogen-bond acceptors (Lipinski definition) is 4. The van der Waals surface area contributed by atoms with Crippen molar-refractivity contribution in [1.29, 1.82) is 0 Å². The summed E-state index contributed by atoms with van der Waals surface area (Å²) in [5.41, 5.74) is 6.76. The zero-order valence-electron chi connectivity index (χ0n) is 15.9. The van der Waals surface area contributed by atoms with Gasteiger partial charge in [0.05, 0.1) is 19.8 Å². The summed E-state index contributed by atoms with van der Waals surface area (Å²) in [4.78, 5) is 6.80. The van der Waals surface area contributed by atoms with Gasteiger partial charge < -0.3 is 14.4 Å². The molecule has 2 aromatic carbocycles. The molecule has 0 fully saturated rings. The van der Waals surface area contributed by atoms with Crippen molar-refractivity contribution in [3.05, 3.63) is 58.4 Å². The van der Waals surface area contributed by atoms with Gasteiger partial charge in [-0.15, -0.1) is 0 Å². The lowest BCUT2D eigenvalue weighted by Gasteiger charge is -2.19. The zero-order valence-corrected chi connectivity index (χ0v) is 15.9. The summed E-state index contributed by atoms with van der Waals surface area (Å²) in [6.07, 6.45) is 1.99. The van der Waals surface area contributed by atoms with E-state index in [9.17, 15) is 4.39 Å². The van der Waals surface area contributed by atoms with Crippen LogP contribution in [0.15, 0.2) is 35.3 Å².